The van der Waals surface area contributed by atoms with E-state index in [4.69, 9.17) is 5.73 Å². The minimum Gasteiger partial charge on any atom is -0.406 e. The van der Waals surface area contributed by atoms with Crippen molar-refractivity contribution in [2.75, 3.05) is 18.4 Å². The first-order valence-electron chi connectivity index (χ1n) is 7.42. The SMILES string of the molecule is CC1CCN(C(=O)Nc2ccc(OC(F)(F)F)cc2)C(CN)C1. The van der Waals surface area contributed by atoms with Crippen LogP contribution >= 0.6 is 0 Å². The molecule has 0 radical (unpaired) electrons. The third-order valence-corrected chi connectivity index (χ3v) is 3.85. The summed E-state index contributed by atoms with van der Waals surface area (Å²) in [5, 5.41) is 2.68. The molecule has 1 heterocycles. The van der Waals surface area contributed by atoms with Gasteiger partial charge < -0.3 is 20.7 Å². The summed E-state index contributed by atoms with van der Waals surface area (Å²) in [6.45, 7) is 3.12. The highest BCUT2D eigenvalue weighted by molar-refractivity contribution is 5.89. The van der Waals surface area contributed by atoms with Crippen molar-refractivity contribution >= 4 is 11.7 Å². The van der Waals surface area contributed by atoms with Crippen molar-refractivity contribution in [2.45, 2.75) is 32.2 Å². The fourth-order valence-electron chi connectivity index (χ4n) is 2.68. The number of likely N-dealkylation sites (tertiary alicyclic amines) is 1. The number of nitrogens with one attached hydrogen (secondary N) is 1. The number of carbonyl (C=O) groups is 1. The number of benzene rings is 1. The second-order valence-electron chi connectivity index (χ2n) is 5.71. The lowest BCUT2D eigenvalue weighted by Crippen LogP contribution is -2.50. The molecule has 1 fully saturated rings. The first-order valence-corrected chi connectivity index (χ1v) is 7.42. The summed E-state index contributed by atoms with van der Waals surface area (Å²) >= 11 is 0. The second kappa shape index (κ2) is 7.08. The highest BCUT2D eigenvalue weighted by Gasteiger charge is 2.31. The topological polar surface area (TPSA) is 67.6 Å². The van der Waals surface area contributed by atoms with Gasteiger partial charge >= 0.3 is 12.4 Å². The van der Waals surface area contributed by atoms with Crippen LogP contribution in [0.3, 0.4) is 0 Å². The maximum absolute atomic E-state index is 12.3. The highest BCUT2D eigenvalue weighted by atomic mass is 19.4. The molecule has 128 valence electrons. The van der Waals surface area contributed by atoms with Crippen molar-refractivity contribution < 1.29 is 22.7 Å². The van der Waals surface area contributed by atoms with Crippen LogP contribution in [0.25, 0.3) is 0 Å². The first-order chi connectivity index (χ1) is 10.8. The smallest absolute Gasteiger partial charge is 0.406 e. The maximum atomic E-state index is 12.3. The minimum atomic E-state index is -4.73. The van der Waals surface area contributed by atoms with E-state index in [0.29, 0.717) is 24.7 Å². The highest BCUT2D eigenvalue weighted by Crippen LogP contribution is 2.25. The molecule has 2 amide bonds. The van der Waals surface area contributed by atoms with Crippen LogP contribution in [0.1, 0.15) is 19.8 Å². The predicted octanol–water partition coefficient (Wildman–Crippen LogP) is 3.18. The number of rotatable bonds is 3. The Hall–Kier alpha value is -1.96. The summed E-state index contributed by atoms with van der Waals surface area (Å²) in [7, 11) is 0. The van der Waals surface area contributed by atoms with E-state index < -0.39 is 6.36 Å². The molecule has 0 aromatic heterocycles. The molecular formula is C15H20F3N3O2. The van der Waals surface area contributed by atoms with Crippen molar-refractivity contribution in [1.29, 1.82) is 0 Å². The van der Waals surface area contributed by atoms with E-state index in [2.05, 4.69) is 17.0 Å². The van der Waals surface area contributed by atoms with Gasteiger partial charge in [0.05, 0.1) is 0 Å². The predicted molar refractivity (Wildman–Crippen MR) is 80.1 cm³/mol. The molecule has 1 aromatic carbocycles. The zero-order valence-corrected chi connectivity index (χ0v) is 12.8. The molecule has 1 aliphatic heterocycles. The van der Waals surface area contributed by atoms with Crippen molar-refractivity contribution in [3.05, 3.63) is 24.3 Å². The summed E-state index contributed by atoms with van der Waals surface area (Å²) < 4.78 is 40.1. The molecule has 5 nitrogen and oxygen atoms in total. The molecule has 1 aromatic rings. The summed E-state index contributed by atoms with van der Waals surface area (Å²) in [6.07, 6.45) is -2.98. The monoisotopic (exact) mass is 331 g/mol. The number of ether oxygens (including phenoxy) is 1. The molecule has 8 heteroatoms. The lowest BCUT2D eigenvalue weighted by molar-refractivity contribution is -0.274. The van der Waals surface area contributed by atoms with Crippen LogP contribution in [0.4, 0.5) is 23.7 Å². The van der Waals surface area contributed by atoms with Crippen molar-refractivity contribution in [2.24, 2.45) is 11.7 Å². The van der Waals surface area contributed by atoms with E-state index in [1.807, 2.05) is 0 Å². The van der Waals surface area contributed by atoms with Crippen molar-refractivity contribution in [1.82, 2.24) is 4.90 Å². The Balaban J connectivity index is 1.97. The third kappa shape index (κ3) is 5.02. The van der Waals surface area contributed by atoms with Gasteiger partial charge in [0.1, 0.15) is 5.75 Å². The van der Waals surface area contributed by atoms with Gasteiger partial charge in [-0.25, -0.2) is 4.79 Å². The summed E-state index contributed by atoms with van der Waals surface area (Å²) in [5.41, 5.74) is 6.12. The Kier molecular flexibility index (Phi) is 5.35. The number of anilines is 1. The second-order valence-corrected chi connectivity index (χ2v) is 5.71. The number of alkyl halides is 3. The molecule has 3 N–H and O–H groups in total. The lowest BCUT2D eigenvalue weighted by atomic mass is 9.93. The van der Waals surface area contributed by atoms with Gasteiger partial charge in [0.15, 0.2) is 0 Å². The van der Waals surface area contributed by atoms with E-state index in [1.165, 1.54) is 12.1 Å². The molecule has 1 saturated heterocycles. The Morgan fingerprint density at radius 3 is 2.61 bits per heavy atom. The number of urea groups is 1. The first kappa shape index (κ1) is 17.4. The van der Waals surface area contributed by atoms with Crippen LogP contribution < -0.4 is 15.8 Å². The number of carbonyl (C=O) groups excluding carboxylic acids is 1. The summed E-state index contributed by atoms with van der Waals surface area (Å²) in [6, 6.07) is 4.72. The Labute approximate surface area is 132 Å². The van der Waals surface area contributed by atoms with Gasteiger partial charge in [-0.05, 0) is 43.0 Å². The maximum Gasteiger partial charge on any atom is 0.573 e. The molecule has 2 unspecified atom stereocenters. The number of piperidine rings is 1. The summed E-state index contributed by atoms with van der Waals surface area (Å²) in [4.78, 5) is 14.0. The van der Waals surface area contributed by atoms with E-state index in [1.54, 1.807) is 4.90 Å². The van der Waals surface area contributed by atoms with Gasteiger partial charge in [-0.2, -0.15) is 0 Å². The largest absolute Gasteiger partial charge is 0.573 e. The quantitative estimate of drug-likeness (QED) is 0.894. The van der Waals surface area contributed by atoms with Crippen LogP contribution in [0, 0.1) is 5.92 Å². The van der Waals surface area contributed by atoms with E-state index in [9.17, 15) is 18.0 Å². The Morgan fingerprint density at radius 2 is 2.04 bits per heavy atom. The average molecular weight is 331 g/mol. The number of hydrogen-bond donors (Lipinski definition) is 2. The number of nitrogens with two attached hydrogens (primary N) is 1. The zero-order chi connectivity index (χ0) is 17.0. The van der Waals surface area contributed by atoms with Gasteiger partial charge in [0.2, 0.25) is 0 Å². The van der Waals surface area contributed by atoms with Gasteiger partial charge in [-0.1, -0.05) is 6.92 Å². The van der Waals surface area contributed by atoms with E-state index in [0.717, 1.165) is 25.0 Å². The molecule has 0 spiro atoms. The Bertz CT molecular complexity index is 534. The van der Waals surface area contributed by atoms with Crippen LogP contribution in [0.2, 0.25) is 0 Å². The normalized spacial score (nSPS) is 21.9. The number of hydrogen-bond acceptors (Lipinski definition) is 3. The van der Waals surface area contributed by atoms with Crippen LogP contribution in [-0.4, -0.2) is 36.4 Å². The standard InChI is InChI=1S/C15H20F3N3O2/c1-10-6-7-21(12(8-10)9-19)14(22)20-11-2-4-13(5-3-11)23-15(16,17)18/h2-5,10,12H,6-9,19H2,1H3,(H,20,22). The van der Waals surface area contributed by atoms with Crippen LogP contribution in [0.5, 0.6) is 5.75 Å². The third-order valence-electron chi connectivity index (χ3n) is 3.85. The lowest BCUT2D eigenvalue weighted by Gasteiger charge is -2.37. The zero-order valence-electron chi connectivity index (χ0n) is 12.8. The minimum absolute atomic E-state index is 0.0217. The average Bonchev–Trinajstić information content (AvgIpc) is 2.47. The molecule has 0 aliphatic carbocycles. The molecule has 0 saturated carbocycles. The number of nitrogens with zero attached hydrogens (tertiary/aromatic N) is 1. The number of amides is 2. The molecule has 2 atom stereocenters. The van der Waals surface area contributed by atoms with Gasteiger partial charge in [-0.3, -0.25) is 0 Å². The van der Waals surface area contributed by atoms with Gasteiger partial charge in [-0.15, -0.1) is 13.2 Å². The molecule has 0 bridgehead atoms. The molecular weight excluding hydrogens is 311 g/mol. The fraction of sp³-hybridized carbons (Fsp3) is 0.533. The van der Waals surface area contributed by atoms with Crippen LogP contribution in [-0.2, 0) is 0 Å². The molecule has 2 rings (SSSR count). The van der Waals surface area contributed by atoms with Crippen molar-refractivity contribution in [3.63, 3.8) is 0 Å². The molecule has 23 heavy (non-hydrogen) atoms. The fourth-order valence-corrected chi connectivity index (χ4v) is 2.68. The van der Waals surface area contributed by atoms with E-state index >= 15 is 0 Å². The Morgan fingerprint density at radius 1 is 1.39 bits per heavy atom. The molecule has 1 aliphatic rings. The van der Waals surface area contributed by atoms with Gasteiger partial charge in [0, 0.05) is 24.8 Å². The van der Waals surface area contributed by atoms with Crippen LogP contribution in [0.15, 0.2) is 24.3 Å². The van der Waals surface area contributed by atoms with Gasteiger partial charge in [0.25, 0.3) is 0 Å². The number of halogens is 3. The van der Waals surface area contributed by atoms with Crippen molar-refractivity contribution in [3.8, 4) is 5.75 Å². The van der Waals surface area contributed by atoms with E-state index in [-0.39, 0.29) is 17.8 Å². The summed E-state index contributed by atoms with van der Waals surface area (Å²) in [5.74, 6) is 0.188.